The first-order chi connectivity index (χ1) is 7.57. The van der Waals surface area contributed by atoms with E-state index in [4.69, 9.17) is 11.5 Å². The highest BCUT2D eigenvalue weighted by atomic mass is 16.1. The number of unbranched alkanes of at least 4 members (excludes halogenated alkanes) is 1. The van der Waals surface area contributed by atoms with Crippen LogP contribution in [0, 0.1) is 0 Å². The summed E-state index contributed by atoms with van der Waals surface area (Å²) in [6.07, 6.45) is 2.22. The first kappa shape index (κ1) is 12.4. The van der Waals surface area contributed by atoms with Crippen molar-refractivity contribution < 1.29 is 4.79 Å². The first-order valence-corrected chi connectivity index (χ1v) is 5.47. The van der Waals surface area contributed by atoms with Crippen LogP contribution in [0.5, 0.6) is 0 Å². The lowest BCUT2D eigenvalue weighted by atomic mass is 10.1. The Balaban J connectivity index is 2.96. The number of hydrogen-bond acceptors (Lipinski definition) is 3. The summed E-state index contributed by atoms with van der Waals surface area (Å²) in [7, 11) is 1.96. The highest BCUT2D eigenvalue weighted by molar-refractivity contribution is 6.00. The zero-order valence-electron chi connectivity index (χ0n) is 9.86. The molecule has 88 valence electrons. The molecular formula is C12H19N3O. The predicted molar refractivity (Wildman–Crippen MR) is 67.6 cm³/mol. The highest BCUT2D eigenvalue weighted by Crippen LogP contribution is 2.25. The molecule has 4 heteroatoms. The number of nitrogens with two attached hydrogens (primary N) is 2. The third kappa shape index (κ3) is 2.66. The van der Waals surface area contributed by atoms with Crippen LogP contribution in [-0.4, -0.2) is 19.5 Å². The molecule has 0 unspecified atom stereocenters. The van der Waals surface area contributed by atoms with E-state index in [1.807, 2.05) is 18.0 Å². The molecule has 1 rings (SSSR count). The normalized spacial score (nSPS) is 10.1. The molecule has 0 saturated carbocycles. The van der Waals surface area contributed by atoms with E-state index < -0.39 is 5.91 Å². The molecule has 0 radical (unpaired) electrons. The van der Waals surface area contributed by atoms with Crippen LogP contribution in [0.4, 0.5) is 11.4 Å². The zero-order chi connectivity index (χ0) is 12.1. The number of primary amides is 1. The van der Waals surface area contributed by atoms with Gasteiger partial charge in [-0.3, -0.25) is 4.79 Å². The number of amides is 1. The number of nitrogens with zero attached hydrogens (tertiary/aromatic N) is 1. The van der Waals surface area contributed by atoms with Crippen molar-refractivity contribution in [3.63, 3.8) is 0 Å². The van der Waals surface area contributed by atoms with Gasteiger partial charge in [-0.15, -0.1) is 0 Å². The van der Waals surface area contributed by atoms with Crippen LogP contribution in [0.15, 0.2) is 18.2 Å². The minimum atomic E-state index is -0.483. The van der Waals surface area contributed by atoms with E-state index in [1.165, 1.54) is 0 Å². The minimum Gasteiger partial charge on any atom is -0.396 e. The van der Waals surface area contributed by atoms with E-state index >= 15 is 0 Å². The molecule has 1 aromatic carbocycles. The van der Waals surface area contributed by atoms with E-state index in [2.05, 4.69) is 6.92 Å². The van der Waals surface area contributed by atoms with Gasteiger partial charge in [0.1, 0.15) is 0 Å². The first-order valence-electron chi connectivity index (χ1n) is 5.47. The molecule has 0 aliphatic carbocycles. The average Bonchev–Trinajstić information content (AvgIpc) is 2.25. The summed E-state index contributed by atoms with van der Waals surface area (Å²) in [5.74, 6) is -0.483. The van der Waals surface area contributed by atoms with Gasteiger partial charge in [-0.05, 0) is 18.6 Å². The molecule has 0 bridgehead atoms. The second kappa shape index (κ2) is 5.39. The molecule has 0 atom stereocenters. The topological polar surface area (TPSA) is 72.3 Å². The fraction of sp³-hybridized carbons (Fsp3) is 0.417. The molecule has 0 spiro atoms. The Labute approximate surface area is 96.2 Å². The van der Waals surface area contributed by atoms with Gasteiger partial charge in [0.05, 0.1) is 16.9 Å². The lowest BCUT2D eigenvalue weighted by Gasteiger charge is -2.21. The standard InChI is InChI=1S/C12H19N3O/c1-3-4-8-15(2)10-7-5-6-9(11(10)13)12(14)16/h5-7H,3-4,8,13H2,1-2H3,(H2,14,16). The van der Waals surface area contributed by atoms with Gasteiger partial charge < -0.3 is 16.4 Å². The maximum Gasteiger partial charge on any atom is 0.250 e. The van der Waals surface area contributed by atoms with Crippen molar-refractivity contribution in [3.05, 3.63) is 23.8 Å². The Hall–Kier alpha value is -1.71. The molecule has 0 heterocycles. The number of benzene rings is 1. The van der Waals surface area contributed by atoms with Crippen molar-refractivity contribution in [2.45, 2.75) is 19.8 Å². The minimum absolute atomic E-state index is 0.390. The fourth-order valence-electron chi connectivity index (χ4n) is 1.62. The summed E-state index contributed by atoms with van der Waals surface area (Å²) in [5, 5.41) is 0. The molecule has 0 aliphatic heterocycles. The molecule has 16 heavy (non-hydrogen) atoms. The third-order valence-corrected chi connectivity index (χ3v) is 2.61. The Morgan fingerprint density at radius 2 is 2.12 bits per heavy atom. The maximum absolute atomic E-state index is 11.1. The van der Waals surface area contributed by atoms with Crippen LogP contribution >= 0.6 is 0 Å². The zero-order valence-corrected chi connectivity index (χ0v) is 9.86. The number of carbonyl (C=O) groups excluding carboxylic acids is 1. The Bertz CT molecular complexity index is 377. The molecule has 0 saturated heterocycles. The van der Waals surface area contributed by atoms with Gasteiger partial charge in [0.25, 0.3) is 5.91 Å². The molecule has 0 aliphatic rings. The van der Waals surface area contributed by atoms with Crippen LogP contribution in [0.2, 0.25) is 0 Å². The van der Waals surface area contributed by atoms with Gasteiger partial charge in [0.15, 0.2) is 0 Å². The summed E-state index contributed by atoms with van der Waals surface area (Å²) in [4.78, 5) is 13.2. The van der Waals surface area contributed by atoms with Gasteiger partial charge in [0, 0.05) is 13.6 Å². The third-order valence-electron chi connectivity index (χ3n) is 2.61. The van der Waals surface area contributed by atoms with E-state index in [0.717, 1.165) is 25.1 Å². The quantitative estimate of drug-likeness (QED) is 0.742. The number of carbonyl (C=O) groups is 1. The van der Waals surface area contributed by atoms with E-state index in [1.54, 1.807) is 12.1 Å². The second-order valence-electron chi connectivity index (χ2n) is 3.88. The Morgan fingerprint density at radius 3 is 2.69 bits per heavy atom. The van der Waals surface area contributed by atoms with Crippen LogP contribution in [-0.2, 0) is 0 Å². The predicted octanol–water partition coefficient (Wildman–Crippen LogP) is 1.60. The average molecular weight is 221 g/mol. The number of anilines is 2. The summed E-state index contributed by atoms with van der Waals surface area (Å²) in [5.41, 5.74) is 12.9. The van der Waals surface area contributed by atoms with Gasteiger partial charge in [0.2, 0.25) is 0 Å². The monoisotopic (exact) mass is 221 g/mol. The molecule has 1 amide bonds. The Kier molecular flexibility index (Phi) is 4.17. The van der Waals surface area contributed by atoms with E-state index in [-0.39, 0.29) is 0 Å². The number of nitrogen functional groups attached to an aromatic ring is 1. The lowest BCUT2D eigenvalue weighted by Crippen LogP contribution is -2.22. The van der Waals surface area contributed by atoms with Gasteiger partial charge in [-0.2, -0.15) is 0 Å². The SMILES string of the molecule is CCCCN(C)c1cccc(C(N)=O)c1N. The molecule has 1 aromatic rings. The summed E-state index contributed by atoms with van der Waals surface area (Å²) in [6, 6.07) is 5.35. The van der Waals surface area contributed by atoms with Crippen molar-refractivity contribution in [2.24, 2.45) is 5.73 Å². The highest BCUT2D eigenvalue weighted by Gasteiger charge is 2.11. The van der Waals surface area contributed by atoms with Crippen molar-refractivity contribution in [2.75, 3.05) is 24.2 Å². The second-order valence-corrected chi connectivity index (χ2v) is 3.88. The van der Waals surface area contributed by atoms with Crippen LogP contribution < -0.4 is 16.4 Å². The molecule has 0 aromatic heterocycles. The summed E-state index contributed by atoms with van der Waals surface area (Å²) >= 11 is 0. The summed E-state index contributed by atoms with van der Waals surface area (Å²) in [6.45, 7) is 3.06. The number of rotatable bonds is 5. The lowest BCUT2D eigenvalue weighted by molar-refractivity contribution is 0.100. The van der Waals surface area contributed by atoms with E-state index in [9.17, 15) is 4.79 Å². The largest absolute Gasteiger partial charge is 0.396 e. The van der Waals surface area contributed by atoms with Crippen LogP contribution in [0.25, 0.3) is 0 Å². The van der Waals surface area contributed by atoms with Crippen LogP contribution in [0.1, 0.15) is 30.1 Å². The smallest absolute Gasteiger partial charge is 0.250 e. The number of para-hydroxylation sites is 1. The van der Waals surface area contributed by atoms with Gasteiger partial charge in [-0.1, -0.05) is 19.4 Å². The maximum atomic E-state index is 11.1. The van der Waals surface area contributed by atoms with Crippen LogP contribution in [0.3, 0.4) is 0 Å². The fourth-order valence-corrected chi connectivity index (χ4v) is 1.62. The summed E-state index contributed by atoms with van der Waals surface area (Å²) < 4.78 is 0. The van der Waals surface area contributed by atoms with Gasteiger partial charge in [-0.25, -0.2) is 0 Å². The molecule has 4 nitrogen and oxygen atoms in total. The molecule has 0 fully saturated rings. The van der Waals surface area contributed by atoms with E-state index in [0.29, 0.717) is 11.3 Å². The van der Waals surface area contributed by atoms with Crippen molar-refractivity contribution in [1.29, 1.82) is 0 Å². The van der Waals surface area contributed by atoms with Crippen molar-refractivity contribution >= 4 is 17.3 Å². The van der Waals surface area contributed by atoms with Crippen molar-refractivity contribution in [3.8, 4) is 0 Å². The molecular weight excluding hydrogens is 202 g/mol. The van der Waals surface area contributed by atoms with Gasteiger partial charge >= 0.3 is 0 Å². The number of hydrogen-bond donors (Lipinski definition) is 2. The Morgan fingerprint density at radius 1 is 1.44 bits per heavy atom. The molecule has 4 N–H and O–H groups in total. The van der Waals surface area contributed by atoms with Crippen molar-refractivity contribution in [1.82, 2.24) is 0 Å².